The molecule has 0 fully saturated rings. The molecule has 0 saturated carbocycles. The molecule has 18 heavy (non-hydrogen) atoms. The van der Waals surface area contributed by atoms with Crippen molar-refractivity contribution in [2.45, 2.75) is 32.3 Å². The van der Waals surface area contributed by atoms with Crippen molar-refractivity contribution in [1.82, 2.24) is 5.32 Å². The van der Waals surface area contributed by atoms with Gasteiger partial charge in [-0.15, -0.1) is 0 Å². The molecule has 5 heteroatoms. The maximum absolute atomic E-state index is 13.3. The maximum atomic E-state index is 13.3. The maximum Gasteiger partial charge on any atom is 0.254 e. The van der Waals surface area contributed by atoms with E-state index in [-0.39, 0.29) is 12.1 Å². The van der Waals surface area contributed by atoms with Gasteiger partial charge in [0.15, 0.2) is 11.6 Å². The van der Waals surface area contributed by atoms with E-state index in [2.05, 4.69) is 5.32 Å². The number of halogens is 2. The molecule has 0 bridgehead atoms. The zero-order valence-corrected chi connectivity index (χ0v) is 10.5. The number of rotatable bonds is 5. The van der Waals surface area contributed by atoms with Gasteiger partial charge in [0.1, 0.15) is 0 Å². The number of aliphatic hydroxyl groups is 1. The first kappa shape index (κ1) is 14.6. The fourth-order valence-electron chi connectivity index (χ4n) is 1.67. The average Bonchev–Trinajstić information content (AvgIpc) is 2.30. The van der Waals surface area contributed by atoms with Crippen LogP contribution >= 0.6 is 0 Å². The third-order valence-corrected chi connectivity index (χ3v) is 2.61. The van der Waals surface area contributed by atoms with Gasteiger partial charge in [-0.25, -0.2) is 8.78 Å². The van der Waals surface area contributed by atoms with Crippen LogP contribution in [0.2, 0.25) is 0 Å². The summed E-state index contributed by atoms with van der Waals surface area (Å²) in [4.78, 5) is 11.6. The second kappa shape index (κ2) is 5.91. The number of benzene rings is 1. The molecule has 1 amide bonds. The Hall–Kier alpha value is -1.49. The largest absolute Gasteiger partial charge is 0.388 e. The van der Waals surface area contributed by atoms with E-state index in [9.17, 15) is 18.7 Å². The third kappa shape index (κ3) is 3.77. The third-order valence-electron chi connectivity index (χ3n) is 2.61. The van der Waals surface area contributed by atoms with E-state index in [1.54, 1.807) is 6.92 Å². The average molecular weight is 257 g/mol. The van der Waals surface area contributed by atoms with E-state index in [1.165, 1.54) is 12.1 Å². The van der Waals surface area contributed by atoms with Gasteiger partial charge in [-0.05, 0) is 25.5 Å². The molecule has 1 aromatic carbocycles. The van der Waals surface area contributed by atoms with Gasteiger partial charge in [-0.2, -0.15) is 0 Å². The quantitative estimate of drug-likeness (QED) is 0.850. The van der Waals surface area contributed by atoms with Crippen molar-refractivity contribution < 1.29 is 18.7 Å². The predicted molar refractivity (Wildman–Crippen MR) is 64.2 cm³/mol. The number of amides is 1. The molecule has 0 aliphatic rings. The Morgan fingerprint density at radius 2 is 2.11 bits per heavy atom. The molecular weight excluding hydrogens is 240 g/mol. The molecule has 0 spiro atoms. The minimum Gasteiger partial charge on any atom is -0.388 e. The van der Waals surface area contributed by atoms with Crippen molar-refractivity contribution in [3.8, 4) is 0 Å². The van der Waals surface area contributed by atoms with Gasteiger partial charge in [-0.3, -0.25) is 4.79 Å². The first-order valence-corrected chi connectivity index (χ1v) is 5.82. The molecule has 0 heterocycles. The summed E-state index contributed by atoms with van der Waals surface area (Å²) in [6.07, 6.45) is 1.27. The minimum absolute atomic E-state index is 0.00434. The van der Waals surface area contributed by atoms with Crippen LogP contribution in [0, 0.1) is 11.6 Å². The van der Waals surface area contributed by atoms with Crippen molar-refractivity contribution in [3.63, 3.8) is 0 Å². The summed E-state index contributed by atoms with van der Waals surface area (Å²) < 4.78 is 26.3. The van der Waals surface area contributed by atoms with Gasteiger partial charge in [0.2, 0.25) is 0 Å². The summed E-state index contributed by atoms with van der Waals surface area (Å²) >= 11 is 0. The van der Waals surface area contributed by atoms with Crippen molar-refractivity contribution in [1.29, 1.82) is 0 Å². The lowest BCUT2D eigenvalue weighted by Gasteiger charge is -2.22. The Balaban J connectivity index is 2.69. The molecule has 1 aromatic rings. The summed E-state index contributed by atoms with van der Waals surface area (Å²) in [7, 11) is 0. The summed E-state index contributed by atoms with van der Waals surface area (Å²) in [5, 5.41) is 12.2. The fourth-order valence-corrected chi connectivity index (χ4v) is 1.67. The number of hydrogen-bond acceptors (Lipinski definition) is 2. The molecule has 1 atom stereocenters. The number of nitrogens with one attached hydrogen (secondary N) is 1. The molecule has 0 radical (unpaired) electrons. The molecule has 100 valence electrons. The van der Waals surface area contributed by atoms with Gasteiger partial charge >= 0.3 is 0 Å². The first-order chi connectivity index (χ1) is 8.37. The van der Waals surface area contributed by atoms with Gasteiger partial charge in [-0.1, -0.05) is 19.4 Å². The molecule has 3 nitrogen and oxygen atoms in total. The second-order valence-electron chi connectivity index (χ2n) is 4.53. The molecule has 1 rings (SSSR count). The van der Waals surface area contributed by atoms with Crippen molar-refractivity contribution in [2.24, 2.45) is 0 Å². The van der Waals surface area contributed by atoms with E-state index < -0.39 is 23.1 Å². The van der Waals surface area contributed by atoms with Gasteiger partial charge in [0, 0.05) is 6.54 Å². The van der Waals surface area contributed by atoms with Crippen molar-refractivity contribution in [3.05, 3.63) is 35.4 Å². The molecule has 0 aromatic heterocycles. The highest BCUT2D eigenvalue weighted by Crippen LogP contribution is 2.13. The molecule has 0 aliphatic carbocycles. The number of carbonyl (C=O) groups is 1. The van der Waals surface area contributed by atoms with Gasteiger partial charge in [0.05, 0.1) is 11.2 Å². The highest BCUT2D eigenvalue weighted by atomic mass is 19.2. The Kier molecular flexibility index (Phi) is 4.78. The Morgan fingerprint density at radius 3 is 2.72 bits per heavy atom. The lowest BCUT2D eigenvalue weighted by atomic mass is 10.0. The topological polar surface area (TPSA) is 49.3 Å². The summed E-state index contributed by atoms with van der Waals surface area (Å²) in [5.74, 6) is -2.98. The van der Waals surface area contributed by atoms with Crippen LogP contribution in [0.4, 0.5) is 8.78 Å². The SMILES string of the molecule is CCCC(C)(O)CNC(=O)c1cccc(F)c1F. The van der Waals surface area contributed by atoms with Crippen LogP contribution < -0.4 is 5.32 Å². The van der Waals surface area contributed by atoms with Crippen LogP contribution in [0.15, 0.2) is 18.2 Å². The molecular formula is C13H17F2NO2. The van der Waals surface area contributed by atoms with Crippen LogP contribution in [0.1, 0.15) is 37.0 Å². The van der Waals surface area contributed by atoms with Crippen LogP contribution in [-0.4, -0.2) is 23.2 Å². The normalized spacial score (nSPS) is 14.1. The standard InChI is InChI=1S/C13H17F2NO2/c1-3-7-13(2,18)8-16-12(17)9-5-4-6-10(14)11(9)15/h4-6,18H,3,7-8H2,1-2H3,(H,16,17). The van der Waals surface area contributed by atoms with E-state index in [0.717, 1.165) is 12.5 Å². The Bertz CT molecular complexity index is 433. The molecule has 0 aliphatic heterocycles. The van der Waals surface area contributed by atoms with E-state index in [0.29, 0.717) is 6.42 Å². The monoisotopic (exact) mass is 257 g/mol. The molecule has 2 N–H and O–H groups in total. The van der Waals surface area contributed by atoms with Crippen LogP contribution in [0.25, 0.3) is 0 Å². The lowest BCUT2D eigenvalue weighted by Crippen LogP contribution is -2.40. The fraction of sp³-hybridized carbons (Fsp3) is 0.462. The smallest absolute Gasteiger partial charge is 0.254 e. The van der Waals surface area contributed by atoms with E-state index >= 15 is 0 Å². The van der Waals surface area contributed by atoms with Crippen LogP contribution in [-0.2, 0) is 0 Å². The number of hydrogen-bond donors (Lipinski definition) is 2. The van der Waals surface area contributed by atoms with Gasteiger partial charge in [0.25, 0.3) is 5.91 Å². The molecule has 1 unspecified atom stereocenters. The van der Waals surface area contributed by atoms with Gasteiger partial charge < -0.3 is 10.4 Å². The van der Waals surface area contributed by atoms with Crippen LogP contribution in [0.3, 0.4) is 0 Å². The summed E-state index contributed by atoms with van der Waals surface area (Å²) in [6, 6.07) is 3.40. The predicted octanol–water partition coefficient (Wildman–Crippen LogP) is 2.25. The van der Waals surface area contributed by atoms with Crippen LogP contribution in [0.5, 0.6) is 0 Å². The highest BCUT2D eigenvalue weighted by molar-refractivity contribution is 5.94. The lowest BCUT2D eigenvalue weighted by molar-refractivity contribution is 0.0468. The first-order valence-electron chi connectivity index (χ1n) is 5.82. The summed E-state index contributed by atoms with van der Waals surface area (Å²) in [6.45, 7) is 3.48. The zero-order chi connectivity index (χ0) is 13.8. The summed E-state index contributed by atoms with van der Waals surface area (Å²) in [5.41, 5.74) is -1.41. The Labute approximate surface area is 105 Å². The second-order valence-corrected chi connectivity index (χ2v) is 4.53. The minimum atomic E-state index is -1.18. The van der Waals surface area contributed by atoms with E-state index in [4.69, 9.17) is 0 Å². The number of carbonyl (C=O) groups excluding carboxylic acids is 1. The van der Waals surface area contributed by atoms with Crippen molar-refractivity contribution >= 4 is 5.91 Å². The van der Waals surface area contributed by atoms with E-state index in [1.807, 2.05) is 6.92 Å². The molecule has 0 saturated heterocycles. The van der Waals surface area contributed by atoms with Crippen molar-refractivity contribution in [2.75, 3.05) is 6.54 Å². The Morgan fingerprint density at radius 1 is 1.44 bits per heavy atom. The zero-order valence-electron chi connectivity index (χ0n) is 10.5. The highest BCUT2D eigenvalue weighted by Gasteiger charge is 2.21.